The fourth-order valence-electron chi connectivity index (χ4n) is 0.837. The number of nitrogens with one attached hydrogen (secondary N) is 1. The molecule has 0 aliphatic carbocycles. The summed E-state index contributed by atoms with van der Waals surface area (Å²) in [5.41, 5.74) is 0. The summed E-state index contributed by atoms with van der Waals surface area (Å²) in [4.78, 5) is 0. The summed E-state index contributed by atoms with van der Waals surface area (Å²) in [7, 11) is 1.61. The van der Waals surface area contributed by atoms with E-state index in [0.717, 1.165) is 6.42 Å². The number of alkyl halides is 2. The first kappa shape index (κ1) is 13.7. The molecule has 1 atom stereocenters. The van der Waals surface area contributed by atoms with Crippen molar-refractivity contribution in [1.82, 2.24) is 5.32 Å². The Kier molecular flexibility index (Phi) is 9.13. The summed E-state index contributed by atoms with van der Waals surface area (Å²) in [6, 6.07) is -0.742. The Bertz CT molecular complexity index is 125. The van der Waals surface area contributed by atoms with Crippen LogP contribution in [0.25, 0.3) is 0 Å². The van der Waals surface area contributed by atoms with E-state index in [1.54, 1.807) is 7.11 Å². The van der Waals surface area contributed by atoms with E-state index in [0.29, 0.717) is 26.4 Å². The minimum atomic E-state index is -2.30. The first-order valence-electron chi connectivity index (χ1n) is 4.76. The highest BCUT2D eigenvalue weighted by atomic mass is 19.3. The van der Waals surface area contributed by atoms with Crippen LogP contribution in [0, 0.1) is 0 Å². The lowest BCUT2D eigenvalue weighted by Gasteiger charge is -2.12. The van der Waals surface area contributed by atoms with Crippen molar-refractivity contribution in [2.75, 3.05) is 33.5 Å². The van der Waals surface area contributed by atoms with Gasteiger partial charge in [0, 0.05) is 13.7 Å². The Morgan fingerprint density at radius 3 is 2.50 bits per heavy atom. The molecule has 0 aromatic heterocycles. The molecular weight excluding hydrogens is 192 g/mol. The van der Waals surface area contributed by atoms with Crippen LogP contribution in [0.15, 0.2) is 0 Å². The van der Waals surface area contributed by atoms with Crippen molar-refractivity contribution in [1.29, 1.82) is 0 Å². The van der Waals surface area contributed by atoms with Crippen LogP contribution >= 0.6 is 0 Å². The van der Waals surface area contributed by atoms with Crippen LogP contribution in [0.1, 0.15) is 13.3 Å². The van der Waals surface area contributed by atoms with Gasteiger partial charge in [0.2, 0.25) is 0 Å². The fraction of sp³-hybridized carbons (Fsp3) is 1.00. The standard InChI is InChI=1S/C9H19F2NO2/c1-8(9(10)11)12-4-3-5-14-7-6-13-2/h8-9,12H,3-7H2,1-2H3. The van der Waals surface area contributed by atoms with Crippen molar-refractivity contribution in [2.24, 2.45) is 0 Å². The van der Waals surface area contributed by atoms with Crippen LogP contribution in [-0.4, -0.2) is 45.9 Å². The van der Waals surface area contributed by atoms with Gasteiger partial charge in [-0.05, 0) is 19.9 Å². The van der Waals surface area contributed by atoms with Gasteiger partial charge in [-0.2, -0.15) is 0 Å². The quantitative estimate of drug-likeness (QED) is 0.583. The molecule has 0 saturated carbocycles. The molecular formula is C9H19F2NO2. The number of rotatable bonds is 9. The molecule has 3 nitrogen and oxygen atoms in total. The van der Waals surface area contributed by atoms with Crippen molar-refractivity contribution in [3.63, 3.8) is 0 Å². The predicted octanol–water partition coefficient (Wildman–Crippen LogP) is 1.28. The molecule has 5 heteroatoms. The number of hydrogen-bond acceptors (Lipinski definition) is 3. The molecule has 86 valence electrons. The van der Waals surface area contributed by atoms with Gasteiger partial charge in [-0.25, -0.2) is 8.78 Å². The summed E-state index contributed by atoms with van der Waals surface area (Å²) < 4.78 is 33.9. The SMILES string of the molecule is COCCOCCCNC(C)C(F)F. The van der Waals surface area contributed by atoms with Gasteiger partial charge in [-0.3, -0.25) is 0 Å². The minimum absolute atomic E-state index is 0.554. The molecule has 0 spiro atoms. The van der Waals surface area contributed by atoms with Gasteiger partial charge in [-0.1, -0.05) is 0 Å². The zero-order valence-corrected chi connectivity index (χ0v) is 8.76. The molecule has 0 rings (SSSR count). The van der Waals surface area contributed by atoms with Gasteiger partial charge in [0.15, 0.2) is 0 Å². The molecule has 0 aromatic rings. The van der Waals surface area contributed by atoms with E-state index in [1.807, 2.05) is 0 Å². The van der Waals surface area contributed by atoms with E-state index in [4.69, 9.17) is 9.47 Å². The number of methoxy groups -OCH3 is 1. The zero-order chi connectivity index (χ0) is 10.8. The average molecular weight is 211 g/mol. The lowest BCUT2D eigenvalue weighted by atomic mass is 10.3. The van der Waals surface area contributed by atoms with Crippen LogP contribution in [-0.2, 0) is 9.47 Å². The van der Waals surface area contributed by atoms with Gasteiger partial charge >= 0.3 is 0 Å². The molecule has 1 N–H and O–H groups in total. The molecule has 0 fully saturated rings. The van der Waals surface area contributed by atoms with Crippen molar-refractivity contribution in [2.45, 2.75) is 25.8 Å². The Hall–Kier alpha value is -0.260. The second kappa shape index (κ2) is 9.30. The molecule has 0 aromatic carbocycles. The molecule has 0 saturated heterocycles. The van der Waals surface area contributed by atoms with Crippen LogP contribution in [0.2, 0.25) is 0 Å². The van der Waals surface area contributed by atoms with Gasteiger partial charge in [0.25, 0.3) is 6.43 Å². The van der Waals surface area contributed by atoms with E-state index in [1.165, 1.54) is 6.92 Å². The second-order valence-electron chi connectivity index (χ2n) is 3.04. The number of halogens is 2. The molecule has 0 bridgehead atoms. The third kappa shape index (κ3) is 8.34. The fourth-order valence-corrected chi connectivity index (χ4v) is 0.837. The highest BCUT2D eigenvalue weighted by Crippen LogP contribution is 1.98. The Labute approximate surface area is 83.8 Å². The maximum atomic E-state index is 12.0. The van der Waals surface area contributed by atoms with Crippen LogP contribution in [0.3, 0.4) is 0 Å². The Morgan fingerprint density at radius 2 is 1.93 bits per heavy atom. The van der Waals surface area contributed by atoms with Gasteiger partial charge in [-0.15, -0.1) is 0 Å². The molecule has 0 heterocycles. The van der Waals surface area contributed by atoms with Gasteiger partial charge in [0.05, 0.1) is 19.3 Å². The van der Waals surface area contributed by atoms with Crippen LogP contribution < -0.4 is 5.32 Å². The van der Waals surface area contributed by atoms with Crippen molar-refractivity contribution in [3.05, 3.63) is 0 Å². The number of hydrogen-bond donors (Lipinski definition) is 1. The van der Waals surface area contributed by atoms with E-state index in [2.05, 4.69) is 5.32 Å². The largest absolute Gasteiger partial charge is 0.382 e. The zero-order valence-electron chi connectivity index (χ0n) is 8.76. The summed E-state index contributed by atoms with van der Waals surface area (Å²) in [6.07, 6.45) is -1.56. The molecule has 0 aliphatic rings. The van der Waals surface area contributed by atoms with Crippen LogP contribution in [0.5, 0.6) is 0 Å². The third-order valence-electron chi connectivity index (χ3n) is 1.74. The lowest BCUT2D eigenvalue weighted by Crippen LogP contribution is -2.33. The summed E-state index contributed by atoms with van der Waals surface area (Å²) >= 11 is 0. The first-order chi connectivity index (χ1) is 6.68. The van der Waals surface area contributed by atoms with Gasteiger partial charge < -0.3 is 14.8 Å². The van der Waals surface area contributed by atoms with E-state index in [9.17, 15) is 8.78 Å². The number of ether oxygens (including phenoxy) is 2. The molecule has 0 aliphatic heterocycles. The minimum Gasteiger partial charge on any atom is -0.382 e. The monoisotopic (exact) mass is 211 g/mol. The second-order valence-corrected chi connectivity index (χ2v) is 3.04. The summed E-state index contributed by atoms with van der Waals surface area (Å²) in [5, 5.41) is 2.71. The van der Waals surface area contributed by atoms with E-state index in [-0.39, 0.29) is 0 Å². The first-order valence-corrected chi connectivity index (χ1v) is 4.76. The van der Waals surface area contributed by atoms with Crippen LogP contribution in [0.4, 0.5) is 8.78 Å². The average Bonchev–Trinajstić information content (AvgIpc) is 2.16. The highest BCUT2D eigenvalue weighted by molar-refractivity contribution is 4.61. The maximum absolute atomic E-state index is 12.0. The topological polar surface area (TPSA) is 30.5 Å². The molecule has 1 unspecified atom stereocenters. The molecule has 14 heavy (non-hydrogen) atoms. The van der Waals surface area contributed by atoms with E-state index < -0.39 is 12.5 Å². The predicted molar refractivity (Wildman–Crippen MR) is 50.8 cm³/mol. The third-order valence-corrected chi connectivity index (χ3v) is 1.74. The van der Waals surface area contributed by atoms with Crippen molar-refractivity contribution in [3.8, 4) is 0 Å². The smallest absolute Gasteiger partial charge is 0.253 e. The summed E-state index contributed by atoms with van der Waals surface area (Å²) in [5.74, 6) is 0. The highest BCUT2D eigenvalue weighted by Gasteiger charge is 2.12. The lowest BCUT2D eigenvalue weighted by molar-refractivity contribution is 0.0669. The maximum Gasteiger partial charge on any atom is 0.253 e. The van der Waals surface area contributed by atoms with E-state index >= 15 is 0 Å². The summed E-state index contributed by atoms with van der Waals surface area (Å²) in [6.45, 7) is 3.73. The Morgan fingerprint density at radius 1 is 1.21 bits per heavy atom. The van der Waals surface area contributed by atoms with Crippen molar-refractivity contribution >= 4 is 0 Å². The van der Waals surface area contributed by atoms with Gasteiger partial charge in [0.1, 0.15) is 0 Å². The normalized spacial score (nSPS) is 13.5. The van der Waals surface area contributed by atoms with Crippen molar-refractivity contribution < 1.29 is 18.3 Å². The molecule has 0 amide bonds. The Balaban J connectivity index is 3.06. The molecule has 0 radical (unpaired) electrons.